The van der Waals surface area contributed by atoms with Gasteiger partial charge in [-0.25, -0.2) is 4.98 Å². The Hall–Kier alpha value is -2.08. The van der Waals surface area contributed by atoms with Crippen LogP contribution in [0.3, 0.4) is 0 Å². The standard InChI is InChI=1S/C21H23N3/c22-13-18-3-1-2-4-19(18)14-24-6-5-23-20(24)21-10-15-7-16(11-21)9-17(8-15)12-21/h1-6,15-17H,7-12,14H2. The van der Waals surface area contributed by atoms with E-state index in [0.717, 1.165) is 35.4 Å². The average Bonchev–Trinajstić information content (AvgIpc) is 3.03. The summed E-state index contributed by atoms with van der Waals surface area (Å²) in [6.07, 6.45) is 12.4. The molecule has 1 aromatic carbocycles. The third kappa shape index (κ3) is 2.13. The number of hydrogen-bond donors (Lipinski definition) is 0. The van der Waals surface area contributed by atoms with Crippen LogP contribution in [-0.4, -0.2) is 9.55 Å². The van der Waals surface area contributed by atoms with Crippen LogP contribution in [0.25, 0.3) is 0 Å². The lowest BCUT2D eigenvalue weighted by Gasteiger charge is -2.56. The van der Waals surface area contributed by atoms with Crippen LogP contribution in [0.4, 0.5) is 0 Å². The fourth-order valence-electron chi connectivity index (χ4n) is 6.23. The lowest BCUT2D eigenvalue weighted by molar-refractivity contribution is -0.0108. The summed E-state index contributed by atoms with van der Waals surface area (Å²) in [6, 6.07) is 10.3. The van der Waals surface area contributed by atoms with E-state index in [1.807, 2.05) is 24.4 Å². The number of nitriles is 1. The molecule has 0 radical (unpaired) electrons. The first-order valence-electron chi connectivity index (χ1n) is 9.25. The Kier molecular flexibility index (Phi) is 3.10. The Morgan fingerprint density at radius 1 is 1.08 bits per heavy atom. The first-order chi connectivity index (χ1) is 11.8. The Balaban J connectivity index is 1.51. The smallest absolute Gasteiger partial charge is 0.115 e. The van der Waals surface area contributed by atoms with Crippen LogP contribution in [0.1, 0.15) is 55.5 Å². The molecule has 4 bridgehead atoms. The molecule has 1 aromatic heterocycles. The third-order valence-electron chi connectivity index (χ3n) is 6.71. The van der Waals surface area contributed by atoms with E-state index in [9.17, 15) is 5.26 Å². The van der Waals surface area contributed by atoms with Crippen LogP contribution in [0.2, 0.25) is 0 Å². The van der Waals surface area contributed by atoms with Gasteiger partial charge in [-0.3, -0.25) is 0 Å². The fraction of sp³-hybridized carbons (Fsp3) is 0.524. The van der Waals surface area contributed by atoms with Gasteiger partial charge in [-0.2, -0.15) is 5.26 Å². The summed E-state index contributed by atoms with van der Waals surface area (Å²) in [6.45, 7) is 0.765. The minimum absolute atomic E-state index is 0.305. The second kappa shape index (κ2) is 5.21. The van der Waals surface area contributed by atoms with Crippen LogP contribution in [0.15, 0.2) is 36.7 Å². The van der Waals surface area contributed by atoms with Gasteiger partial charge in [0, 0.05) is 17.8 Å². The van der Waals surface area contributed by atoms with Crippen LogP contribution < -0.4 is 0 Å². The topological polar surface area (TPSA) is 41.6 Å². The quantitative estimate of drug-likeness (QED) is 0.848. The molecule has 6 rings (SSSR count). The number of nitrogens with zero attached hydrogens (tertiary/aromatic N) is 3. The van der Waals surface area contributed by atoms with E-state index in [-0.39, 0.29) is 0 Å². The molecule has 4 aliphatic rings. The molecule has 0 aliphatic heterocycles. The van der Waals surface area contributed by atoms with Gasteiger partial charge in [-0.15, -0.1) is 0 Å². The lowest BCUT2D eigenvalue weighted by Crippen LogP contribution is -2.49. The van der Waals surface area contributed by atoms with Crippen LogP contribution in [0.5, 0.6) is 0 Å². The zero-order valence-electron chi connectivity index (χ0n) is 14.0. The Morgan fingerprint density at radius 3 is 2.42 bits per heavy atom. The molecule has 0 N–H and O–H groups in total. The Bertz CT molecular complexity index is 775. The van der Waals surface area contributed by atoms with E-state index in [4.69, 9.17) is 4.98 Å². The van der Waals surface area contributed by atoms with Gasteiger partial charge >= 0.3 is 0 Å². The second-order valence-electron chi connectivity index (χ2n) is 8.35. The second-order valence-corrected chi connectivity index (χ2v) is 8.35. The van der Waals surface area contributed by atoms with E-state index >= 15 is 0 Å². The monoisotopic (exact) mass is 317 g/mol. The van der Waals surface area contributed by atoms with E-state index in [2.05, 4.69) is 22.9 Å². The zero-order chi connectivity index (χ0) is 16.1. The number of hydrogen-bond acceptors (Lipinski definition) is 2. The summed E-state index contributed by atoms with van der Waals surface area (Å²) < 4.78 is 2.32. The van der Waals surface area contributed by atoms with Crippen molar-refractivity contribution in [2.75, 3.05) is 0 Å². The highest BCUT2D eigenvalue weighted by Gasteiger charge is 2.53. The summed E-state index contributed by atoms with van der Waals surface area (Å²) in [5.41, 5.74) is 2.19. The van der Waals surface area contributed by atoms with Gasteiger partial charge in [-0.1, -0.05) is 18.2 Å². The van der Waals surface area contributed by atoms with E-state index in [1.54, 1.807) is 0 Å². The summed E-state index contributed by atoms with van der Waals surface area (Å²) in [5.74, 6) is 4.06. The third-order valence-corrected chi connectivity index (χ3v) is 6.71. The molecule has 2 aromatic rings. The molecule has 0 atom stereocenters. The van der Waals surface area contributed by atoms with Crippen molar-refractivity contribution >= 4 is 0 Å². The van der Waals surface area contributed by atoms with Crippen molar-refractivity contribution in [1.29, 1.82) is 5.26 Å². The number of aromatic nitrogens is 2. The molecule has 24 heavy (non-hydrogen) atoms. The lowest BCUT2D eigenvalue weighted by atomic mass is 9.49. The summed E-state index contributed by atoms with van der Waals surface area (Å²) in [7, 11) is 0. The molecular formula is C21H23N3. The molecule has 0 saturated heterocycles. The number of benzene rings is 1. The van der Waals surface area contributed by atoms with Crippen molar-refractivity contribution in [1.82, 2.24) is 9.55 Å². The minimum atomic E-state index is 0.305. The van der Waals surface area contributed by atoms with Gasteiger partial charge in [0.05, 0.1) is 18.2 Å². The van der Waals surface area contributed by atoms with Crippen molar-refractivity contribution < 1.29 is 0 Å². The zero-order valence-corrected chi connectivity index (χ0v) is 14.0. The highest BCUT2D eigenvalue weighted by molar-refractivity contribution is 5.37. The van der Waals surface area contributed by atoms with Crippen LogP contribution >= 0.6 is 0 Å². The van der Waals surface area contributed by atoms with Crippen LogP contribution in [-0.2, 0) is 12.0 Å². The van der Waals surface area contributed by atoms with Gasteiger partial charge in [0.25, 0.3) is 0 Å². The molecular weight excluding hydrogens is 294 g/mol. The summed E-state index contributed by atoms with van der Waals surface area (Å²) in [5, 5.41) is 9.37. The average molecular weight is 317 g/mol. The molecule has 0 amide bonds. The van der Waals surface area contributed by atoms with Gasteiger partial charge in [0.1, 0.15) is 5.82 Å². The molecule has 0 unspecified atom stereocenters. The van der Waals surface area contributed by atoms with Gasteiger partial charge < -0.3 is 4.57 Å². The van der Waals surface area contributed by atoms with Crippen molar-refractivity contribution in [3.05, 3.63) is 53.6 Å². The van der Waals surface area contributed by atoms with Gasteiger partial charge in [0.15, 0.2) is 0 Å². The van der Waals surface area contributed by atoms with Gasteiger partial charge in [-0.05, 0) is 67.9 Å². The maximum absolute atomic E-state index is 9.37. The molecule has 4 fully saturated rings. The van der Waals surface area contributed by atoms with E-state index in [0.29, 0.717) is 5.41 Å². The maximum Gasteiger partial charge on any atom is 0.115 e. The van der Waals surface area contributed by atoms with Crippen LogP contribution in [0, 0.1) is 29.1 Å². The largest absolute Gasteiger partial charge is 0.330 e. The Labute approximate surface area is 143 Å². The fourth-order valence-corrected chi connectivity index (χ4v) is 6.23. The first-order valence-corrected chi connectivity index (χ1v) is 9.25. The van der Waals surface area contributed by atoms with Gasteiger partial charge in [0.2, 0.25) is 0 Å². The predicted octanol–water partition coefficient (Wildman–Crippen LogP) is 4.27. The minimum Gasteiger partial charge on any atom is -0.330 e. The normalized spacial score (nSPS) is 33.5. The number of imidazole rings is 1. The Morgan fingerprint density at radius 2 is 1.75 bits per heavy atom. The molecule has 3 heteroatoms. The molecule has 1 heterocycles. The highest BCUT2D eigenvalue weighted by atomic mass is 15.1. The SMILES string of the molecule is N#Cc1ccccc1Cn1ccnc1C12CC3CC(CC(C3)C1)C2. The number of rotatable bonds is 3. The summed E-state index contributed by atoms with van der Waals surface area (Å²) >= 11 is 0. The van der Waals surface area contributed by atoms with Crippen molar-refractivity contribution in [3.8, 4) is 6.07 Å². The first kappa shape index (κ1) is 14.3. The van der Waals surface area contributed by atoms with Crippen molar-refractivity contribution in [2.24, 2.45) is 17.8 Å². The van der Waals surface area contributed by atoms with Crippen molar-refractivity contribution in [2.45, 2.75) is 50.5 Å². The maximum atomic E-state index is 9.37. The highest BCUT2D eigenvalue weighted by Crippen LogP contribution is 2.60. The van der Waals surface area contributed by atoms with E-state index < -0.39 is 0 Å². The predicted molar refractivity (Wildman–Crippen MR) is 92.3 cm³/mol. The molecule has 4 saturated carbocycles. The summed E-state index contributed by atoms with van der Waals surface area (Å²) in [4.78, 5) is 4.84. The molecule has 4 aliphatic carbocycles. The molecule has 122 valence electrons. The molecule has 0 spiro atoms. The van der Waals surface area contributed by atoms with Crippen molar-refractivity contribution in [3.63, 3.8) is 0 Å². The molecule has 3 nitrogen and oxygen atoms in total. The van der Waals surface area contributed by atoms with E-state index in [1.165, 1.54) is 44.3 Å².